The molecule has 4 aromatic rings. The number of methoxy groups -OCH3 is 2. The Balaban J connectivity index is 1.30. The van der Waals surface area contributed by atoms with Gasteiger partial charge in [0.1, 0.15) is 17.3 Å². The standard InChI is InChI=1S/C28H31N5O3/c1-19(29-28(34)21-8-6-9-22(17-21)35-2)27-31-30-26-13-14-32(15-16-33(26)27)18-24-23-10-5-4-7-20(23)11-12-25(24)36-3/h4-12,17,19H,13-16,18H2,1-3H3,(H,29,34). The van der Waals surface area contributed by atoms with Gasteiger partial charge in [-0.05, 0) is 42.0 Å². The average Bonchev–Trinajstić information content (AvgIpc) is 3.22. The lowest BCUT2D eigenvalue weighted by molar-refractivity contribution is 0.0937. The summed E-state index contributed by atoms with van der Waals surface area (Å²) in [4.78, 5) is 15.3. The van der Waals surface area contributed by atoms with Crippen LogP contribution in [0.25, 0.3) is 10.8 Å². The van der Waals surface area contributed by atoms with E-state index < -0.39 is 0 Å². The van der Waals surface area contributed by atoms with Crippen LogP contribution in [-0.4, -0.2) is 52.9 Å². The normalized spacial score (nSPS) is 14.6. The number of hydrogen-bond acceptors (Lipinski definition) is 6. The highest BCUT2D eigenvalue weighted by Gasteiger charge is 2.24. The molecule has 2 heterocycles. The van der Waals surface area contributed by atoms with Crippen molar-refractivity contribution in [2.75, 3.05) is 27.3 Å². The number of hydrogen-bond donors (Lipinski definition) is 1. The zero-order valence-corrected chi connectivity index (χ0v) is 20.9. The molecule has 0 bridgehead atoms. The predicted molar refractivity (Wildman–Crippen MR) is 138 cm³/mol. The molecule has 0 saturated heterocycles. The van der Waals surface area contributed by atoms with Gasteiger partial charge in [-0.3, -0.25) is 9.69 Å². The molecule has 1 unspecified atom stereocenters. The molecule has 8 nitrogen and oxygen atoms in total. The smallest absolute Gasteiger partial charge is 0.251 e. The number of ether oxygens (including phenoxy) is 2. The van der Waals surface area contributed by atoms with E-state index in [1.54, 1.807) is 32.4 Å². The second-order valence-corrected chi connectivity index (χ2v) is 9.05. The van der Waals surface area contributed by atoms with Crippen molar-refractivity contribution in [1.29, 1.82) is 0 Å². The number of fused-ring (bicyclic) bond motifs is 2. The molecule has 0 saturated carbocycles. The molecule has 1 N–H and O–H groups in total. The maximum atomic E-state index is 12.8. The molecule has 1 aliphatic heterocycles. The van der Waals surface area contributed by atoms with Gasteiger partial charge in [-0.2, -0.15) is 0 Å². The first-order chi connectivity index (χ1) is 17.6. The van der Waals surface area contributed by atoms with E-state index in [0.29, 0.717) is 11.3 Å². The topological polar surface area (TPSA) is 81.5 Å². The Morgan fingerprint density at radius 1 is 1.00 bits per heavy atom. The maximum Gasteiger partial charge on any atom is 0.251 e. The van der Waals surface area contributed by atoms with Crippen LogP contribution >= 0.6 is 0 Å². The van der Waals surface area contributed by atoms with Crippen molar-refractivity contribution in [1.82, 2.24) is 25.0 Å². The van der Waals surface area contributed by atoms with E-state index in [1.165, 1.54) is 16.3 Å². The molecule has 36 heavy (non-hydrogen) atoms. The Kier molecular flexibility index (Phi) is 6.86. The lowest BCUT2D eigenvalue weighted by Crippen LogP contribution is -2.30. The molecule has 1 aromatic heterocycles. The van der Waals surface area contributed by atoms with E-state index in [0.717, 1.165) is 50.0 Å². The SMILES string of the molecule is COc1cccc(C(=O)NC(C)c2nnc3n2CCN(Cc2c(OC)ccc4ccccc24)CC3)c1. The zero-order chi connectivity index (χ0) is 25.1. The minimum absolute atomic E-state index is 0.169. The molecule has 0 spiro atoms. The third-order valence-electron chi connectivity index (χ3n) is 6.81. The Morgan fingerprint density at radius 3 is 2.69 bits per heavy atom. The summed E-state index contributed by atoms with van der Waals surface area (Å²) >= 11 is 0. The third kappa shape index (κ3) is 4.77. The number of nitrogens with zero attached hydrogens (tertiary/aromatic N) is 4. The van der Waals surface area contributed by atoms with Crippen LogP contribution in [0.3, 0.4) is 0 Å². The van der Waals surface area contributed by atoms with Crippen LogP contribution in [-0.2, 0) is 19.5 Å². The number of benzene rings is 3. The van der Waals surface area contributed by atoms with Crippen LogP contribution in [0.15, 0.2) is 60.7 Å². The third-order valence-corrected chi connectivity index (χ3v) is 6.81. The van der Waals surface area contributed by atoms with Crippen LogP contribution in [0.4, 0.5) is 0 Å². The molecule has 1 aliphatic rings. The van der Waals surface area contributed by atoms with Crippen LogP contribution in [0.5, 0.6) is 11.5 Å². The molecule has 0 radical (unpaired) electrons. The lowest BCUT2D eigenvalue weighted by Gasteiger charge is -2.22. The monoisotopic (exact) mass is 485 g/mol. The highest BCUT2D eigenvalue weighted by Crippen LogP contribution is 2.30. The van der Waals surface area contributed by atoms with Crippen molar-refractivity contribution in [3.8, 4) is 11.5 Å². The second kappa shape index (κ2) is 10.4. The summed E-state index contributed by atoms with van der Waals surface area (Å²) in [5.74, 6) is 3.10. The predicted octanol–water partition coefficient (Wildman–Crippen LogP) is 4.00. The fourth-order valence-electron chi connectivity index (χ4n) is 4.87. The second-order valence-electron chi connectivity index (χ2n) is 9.05. The van der Waals surface area contributed by atoms with Crippen LogP contribution in [0.2, 0.25) is 0 Å². The Hall–Kier alpha value is -3.91. The van der Waals surface area contributed by atoms with Gasteiger partial charge in [-0.1, -0.05) is 36.4 Å². The summed E-state index contributed by atoms with van der Waals surface area (Å²) in [5, 5.41) is 14.4. The molecule has 8 heteroatoms. The molecule has 0 aliphatic carbocycles. The number of rotatable bonds is 7. The van der Waals surface area contributed by atoms with Crippen molar-refractivity contribution in [2.24, 2.45) is 0 Å². The summed E-state index contributed by atoms with van der Waals surface area (Å²) in [6, 6.07) is 19.4. The minimum atomic E-state index is -0.283. The number of carbonyl (C=O) groups is 1. The van der Waals surface area contributed by atoms with Gasteiger partial charge in [0.05, 0.1) is 20.3 Å². The molecule has 3 aromatic carbocycles. The lowest BCUT2D eigenvalue weighted by atomic mass is 10.0. The number of aromatic nitrogens is 3. The quantitative estimate of drug-likeness (QED) is 0.426. The van der Waals surface area contributed by atoms with Crippen LogP contribution < -0.4 is 14.8 Å². The molecular weight excluding hydrogens is 454 g/mol. The van der Waals surface area contributed by atoms with Crippen molar-refractivity contribution in [3.05, 3.63) is 83.4 Å². The first-order valence-electron chi connectivity index (χ1n) is 12.2. The molecule has 5 rings (SSSR count). The van der Waals surface area contributed by atoms with Crippen molar-refractivity contribution in [3.63, 3.8) is 0 Å². The Bertz CT molecular complexity index is 1380. The fourth-order valence-corrected chi connectivity index (χ4v) is 4.87. The van der Waals surface area contributed by atoms with E-state index in [9.17, 15) is 4.79 Å². The summed E-state index contributed by atoms with van der Waals surface area (Å²) in [5.41, 5.74) is 1.75. The fraction of sp³-hybridized carbons (Fsp3) is 0.321. The summed E-state index contributed by atoms with van der Waals surface area (Å²) in [6.45, 7) is 5.21. The number of amides is 1. The van der Waals surface area contributed by atoms with Crippen molar-refractivity contribution >= 4 is 16.7 Å². The summed E-state index contributed by atoms with van der Waals surface area (Å²) in [6.07, 6.45) is 0.788. The van der Waals surface area contributed by atoms with Crippen molar-refractivity contribution in [2.45, 2.75) is 32.5 Å². The van der Waals surface area contributed by atoms with Gasteiger partial charge >= 0.3 is 0 Å². The summed E-state index contributed by atoms with van der Waals surface area (Å²) < 4.78 is 13.1. The van der Waals surface area contributed by atoms with Gasteiger partial charge < -0.3 is 19.4 Å². The van der Waals surface area contributed by atoms with Gasteiger partial charge in [-0.15, -0.1) is 10.2 Å². The first-order valence-corrected chi connectivity index (χ1v) is 12.2. The van der Waals surface area contributed by atoms with Gasteiger partial charge in [0.25, 0.3) is 5.91 Å². The van der Waals surface area contributed by atoms with E-state index in [1.807, 2.05) is 13.0 Å². The van der Waals surface area contributed by atoms with Gasteiger partial charge in [0, 0.05) is 43.7 Å². The van der Waals surface area contributed by atoms with E-state index in [2.05, 4.69) is 61.4 Å². The molecule has 1 atom stereocenters. The van der Waals surface area contributed by atoms with Gasteiger partial charge in [0.2, 0.25) is 0 Å². The molecule has 1 amide bonds. The summed E-state index contributed by atoms with van der Waals surface area (Å²) in [7, 11) is 3.32. The zero-order valence-electron chi connectivity index (χ0n) is 20.9. The number of nitrogens with one attached hydrogen (secondary N) is 1. The first kappa shape index (κ1) is 23.8. The Morgan fingerprint density at radius 2 is 1.86 bits per heavy atom. The van der Waals surface area contributed by atoms with E-state index in [-0.39, 0.29) is 11.9 Å². The molecule has 0 fully saturated rings. The highest BCUT2D eigenvalue weighted by atomic mass is 16.5. The largest absolute Gasteiger partial charge is 0.497 e. The average molecular weight is 486 g/mol. The van der Waals surface area contributed by atoms with E-state index >= 15 is 0 Å². The van der Waals surface area contributed by atoms with Crippen LogP contribution in [0.1, 0.15) is 40.5 Å². The van der Waals surface area contributed by atoms with E-state index in [4.69, 9.17) is 9.47 Å². The van der Waals surface area contributed by atoms with Gasteiger partial charge in [0.15, 0.2) is 5.82 Å². The molecular formula is C28H31N5O3. The highest BCUT2D eigenvalue weighted by molar-refractivity contribution is 5.94. The van der Waals surface area contributed by atoms with Crippen molar-refractivity contribution < 1.29 is 14.3 Å². The minimum Gasteiger partial charge on any atom is -0.497 e. The molecule has 186 valence electrons. The van der Waals surface area contributed by atoms with Gasteiger partial charge in [-0.25, -0.2) is 0 Å². The number of carbonyl (C=O) groups excluding carboxylic acids is 1. The van der Waals surface area contributed by atoms with Crippen LogP contribution in [0, 0.1) is 0 Å². The Labute approximate surface area is 210 Å². The maximum absolute atomic E-state index is 12.8.